The Bertz CT molecular complexity index is 737. The van der Waals surface area contributed by atoms with E-state index < -0.39 is 0 Å². The van der Waals surface area contributed by atoms with Gasteiger partial charge in [0.2, 0.25) is 0 Å². The first kappa shape index (κ1) is 10.6. The van der Waals surface area contributed by atoms with Gasteiger partial charge in [-0.05, 0) is 28.3 Å². The zero-order valence-electron chi connectivity index (χ0n) is 9.52. The molecule has 0 aliphatic carbocycles. The molecule has 8 heteroatoms. The quantitative estimate of drug-likeness (QED) is 0.791. The summed E-state index contributed by atoms with van der Waals surface area (Å²) in [6.45, 7) is 0. The highest BCUT2D eigenvalue weighted by molar-refractivity contribution is 8.14. The van der Waals surface area contributed by atoms with Crippen LogP contribution in [-0.4, -0.2) is 31.7 Å². The number of aromatic amines is 1. The van der Waals surface area contributed by atoms with Crippen molar-refractivity contribution in [3.8, 4) is 0 Å². The molecule has 1 atom stereocenters. The fourth-order valence-electron chi connectivity index (χ4n) is 2.30. The minimum Gasteiger partial charge on any atom is -0.225 e. The lowest BCUT2D eigenvalue weighted by molar-refractivity contribution is -0.120. The van der Waals surface area contributed by atoms with Crippen molar-refractivity contribution in [1.82, 2.24) is 25.1 Å². The Hall–Kier alpha value is -2.32. The summed E-state index contributed by atoms with van der Waals surface area (Å²) in [5.41, 5.74) is 0.819. The van der Waals surface area contributed by atoms with Gasteiger partial charge in [0, 0.05) is 12.3 Å². The van der Waals surface area contributed by atoms with Crippen LogP contribution in [0, 0.1) is 0 Å². The van der Waals surface area contributed by atoms with Crippen molar-refractivity contribution in [2.24, 2.45) is 4.99 Å². The standard InChI is InChI=1S/C11H7N6OS/c18-9-5-6-12-11-17(9,10-13-15-16-14-10)7-3-1-2-4-8(7)19-11/h1-6H,(H,13,14,15,16)/q+1. The Labute approximate surface area is 111 Å². The van der Waals surface area contributed by atoms with Crippen molar-refractivity contribution >= 4 is 34.5 Å². The van der Waals surface area contributed by atoms with Gasteiger partial charge in [0.1, 0.15) is 0 Å². The minimum absolute atomic E-state index is 0.138. The van der Waals surface area contributed by atoms with Gasteiger partial charge in [-0.15, -0.1) is 4.48 Å². The molecule has 2 aliphatic heterocycles. The van der Waals surface area contributed by atoms with Crippen molar-refractivity contribution < 1.29 is 4.79 Å². The normalized spacial score (nSPS) is 24.0. The van der Waals surface area contributed by atoms with E-state index in [4.69, 9.17) is 0 Å². The summed E-state index contributed by atoms with van der Waals surface area (Å²) >= 11 is 1.46. The van der Waals surface area contributed by atoms with Crippen LogP contribution >= 0.6 is 11.8 Å². The number of aliphatic imine (C=N–C) groups is 1. The largest absolute Gasteiger partial charge is 0.365 e. The van der Waals surface area contributed by atoms with Gasteiger partial charge in [-0.1, -0.05) is 17.2 Å². The van der Waals surface area contributed by atoms with Gasteiger partial charge in [-0.3, -0.25) is 0 Å². The number of para-hydroxylation sites is 1. The summed E-state index contributed by atoms with van der Waals surface area (Å²) in [6, 6.07) is 7.66. The number of carbonyl (C=O) groups is 1. The van der Waals surface area contributed by atoms with Crippen LogP contribution in [0.15, 0.2) is 46.4 Å². The van der Waals surface area contributed by atoms with Gasteiger partial charge in [0.05, 0.1) is 11.0 Å². The summed E-state index contributed by atoms with van der Waals surface area (Å²) < 4.78 is -0.190. The molecule has 1 aromatic heterocycles. The molecule has 0 fully saturated rings. The molecule has 4 rings (SSSR count). The number of amides is 1. The van der Waals surface area contributed by atoms with Crippen molar-refractivity contribution in [1.29, 1.82) is 0 Å². The molecule has 1 amide bonds. The van der Waals surface area contributed by atoms with Crippen molar-refractivity contribution in [3.63, 3.8) is 0 Å². The maximum atomic E-state index is 12.5. The van der Waals surface area contributed by atoms with E-state index in [0.717, 1.165) is 10.6 Å². The molecule has 0 spiro atoms. The number of hydrogen-bond acceptors (Lipinski definition) is 6. The molecule has 0 saturated heterocycles. The third kappa shape index (κ3) is 1.19. The van der Waals surface area contributed by atoms with Crippen LogP contribution in [0.1, 0.15) is 0 Å². The van der Waals surface area contributed by atoms with Crippen molar-refractivity contribution in [2.45, 2.75) is 4.90 Å². The molecule has 1 N–H and O–H groups in total. The van der Waals surface area contributed by atoms with Crippen molar-refractivity contribution in [2.75, 3.05) is 0 Å². The molecule has 1 unspecified atom stereocenters. The van der Waals surface area contributed by atoms with Crippen LogP contribution in [0.3, 0.4) is 0 Å². The minimum atomic E-state index is -0.190. The van der Waals surface area contributed by atoms with Crippen LogP contribution in [0.25, 0.3) is 0 Å². The molecule has 19 heavy (non-hydrogen) atoms. The molecule has 2 aromatic rings. The number of H-pyrrole nitrogens is 1. The van der Waals surface area contributed by atoms with E-state index in [1.807, 2.05) is 24.3 Å². The van der Waals surface area contributed by atoms with Crippen molar-refractivity contribution in [3.05, 3.63) is 36.5 Å². The van der Waals surface area contributed by atoms with E-state index in [-0.39, 0.29) is 10.4 Å². The lowest BCUT2D eigenvalue weighted by Crippen LogP contribution is -2.52. The van der Waals surface area contributed by atoms with Crippen LogP contribution < -0.4 is 4.48 Å². The molecule has 92 valence electrons. The second kappa shape index (κ2) is 3.59. The molecule has 3 heterocycles. The number of hydrogen-bond donors (Lipinski definition) is 1. The summed E-state index contributed by atoms with van der Waals surface area (Å²) in [5, 5.41) is 14.4. The van der Waals surface area contributed by atoms with Gasteiger partial charge < -0.3 is 0 Å². The van der Waals surface area contributed by atoms with E-state index >= 15 is 0 Å². The number of carbonyl (C=O) groups excluding carboxylic acids is 1. The highest BCUT2D eigenvalue weighted by Gasteiger charge is 2.57. The van der Waals surface area contributed by atoms with E-state index in [1.54, 1.807) is 0 Å². The van der Waals surface area contributed by atoms with Gasteiger partial charge in [-0.2, -0.15) is 10.1 Å². The Morgan fingerprint density at radius 3 is 3.00 bits per heavy atom. The predicted molar refractivity (Wildman–Crippen MR) is 69.5 cm³/mol. The molecule has 0 radical (unpaired) electrons. The zero-order valence-corrected chi connectivity index (χ0v) is 10.3. The van der Waals surface area contributed by atoms with Gasteiger partial charge in [0.25, 0.3) is 5.17 Å². The second-order valence-electron chi connectivity index (χ2n) is 4.03. The fraction of sp³-hybridized carbons (Fsp3) is 0. The highest BCUT2D eigenvalue weighted by Crippen LogP contribution is 2.50. The third-order valence-corrected chi connectivity index (χ3v) is 4.23. The van der Waals surface area contributed by atoms with E-state index in [0.29, 0.717) is 11.1 Å². The molecule has 2 aliphatic rings. The summed E-state index contributed by atoms with van der Waals surface area (Å²) in [6.07, 6.45) is 2.95. The number of amidine groups is 1. The molecular weight excluding hydrogens is 264 g/mol. The van der Waals surface area contributed by atoms with Gasteiger partial charge in [-0.25, -0.2) is 4.79 Å². The number of nitrogens with zero attached hydrogens (tertiary/aromatic N) is 5. The Kier molecular flexibility index (Phi) is 2.00. The second-order valence-corrected chi connectivity index (χ2v) is 5.04. The monoisotopic (exact) mass is 271 g/mol. The van der Waals surface area contributed by atoms with Gasteiger partial charge >= 0.3 is 11.9 Å². The number of thioether (sulfide) groups is 1. The average Bonchev–Trinajstić information content (AvgIpc) is 3.04. The Balaban J connectivity index is 2.09. The first-order valence-corrected chi connectivity index (χ1v) is 6.35. The third-order valence-electron chi connectivity index (χ3n) is 3.10. The lowest BCUT2D eigenvalue weighted by atomic mass is 10.2. The summed E-state index contributed by atoms with van der Waals surface area (Å²) in [5.74, 6) is 0.214. The van der Waals surface area contributed by atoms with Crippen LogP contribution in [0.5, 0.6) is 0 Å². The average molecular weight is 271 g/mol. The molecule has 0 bridgehead atoms. The molecule has 7 nitrogen and oxygen atoms in total. The van der Waals surface area contributed by atoms with Gasteiger partial charge in [0.15, 0.2) is 5.69 Å². The van der Waals surface area contributed by atoms with Crippen LogP contribution in [0.2, 0.25) is 0 Å². The predicted octanol–water partition coefficient (Wildman–Crippen LogP) is 1.35. The van der Waals surface area contributed by atoms with Crippen LogP contribution in [-0.2, 0) is 4.79 Å². The number of quaternary nitrogens is 1. The number of benzene rings is 1. The number of rotatable bonds is 1. The number of nitrogens with one attached hydrogen (secondary N) is 1. The Morgan fingerprint density at radius 2 is 2.16 bits per heavy atom. The molecule has 1 aromatic carbocycles. The van der Waals surface area contributed by atoms with E-state index in [1.165, 1.54) is 24.0 Å². The maximum Gasteiger partial charge on any atom is 0.365 e. The Morgan fingerprint density at radius 1 is 1.26 bits per heavy atom. The maximum absolute atomic E-state index is 12.5. The summed E-state index contributed by atoms with van der Waals surface area (Å²) in [4.78, 5) is 17.8. The fourth-order valence-corrected chi connectivity index (χ4v) is 3.48. The zero-order chi connectivity index (χ0) is 12.9. The first-order chi connectivity index (χ1) is 9.33. The topological polar surface area (TPSA) is 83.9 Å². The summed E-state index contributed by atoms with van der Waals surface area (Å²) in [7, 11) is 0. The molecule has 0 saturated carbocycles. The van der Waals surface area contributed by atoms with E-state index in [9.17, 15) is 4.79 Å². The number of fused-ring (bicyclic) bond motifs is 3. The van der Waals surface area contributed by atoms with Crippen LogP contribution in [0.4, 0.5) is 11.6 Å². The van der Waals surface area contributed by atoms with E-state index in [2.05, 4.69) is 25.6 Å². The lowest BCUT2D eigenvalue weighted by Gasteiger charge is -2.25. The number of tetrazole rings is 1. The smallest absolute Gasteiger partial charge is 0.225 e. The number of aromatic nitrogens is 4. The SMILES string of the molecule is O=C1C=CN=C2Sc3ccccc3[N+]12c1nnn[nH]1. The molecular formula is C11H7N6OS+. The highest BCUT2D eigenvalue weighted by atomic mass is 32.2. The first-order valence-electron chi connectivity index (χ1n) is 5.54.